The van der Waals surface area contributed by atoms with Crippen LogP contribution >= 0.6 is 0 Å². The minimum absolute atomic E-state index is 0.238. The first kappa shape index (κ1) is 10.2. The lowest BCUT2D eigenvalue weighted by atomic mass is 9.79. The SMILES string of the molecule is COc1cc(C)ccc1C(=O)C1CCC1. The maximum absolute atomic E-state index is 12.0. The predicted octanol–water partition coefficient (Wildman–Crippen LogP) is 2.99. The minimum Gasteiger partial charge on any atom is -0.496 e. The van der Waals surface area contributed by atoms with E-state index in [0.717, 1.165) is 24.0 Å². The molecule has 0 spiro atoms. The number of methoxy groups -OCH3 is 1. The Hall–Kier alpha value is -1.31. The number of benzene rings is 1. The van der Waals surface area contributed by atoms with Crippen molar-refractivity contribution < 1.29 is 9.53 Å². The van der Waals surface area contributed by atoms with Crippen molar-refractivity contribution in [3.8, 4) is 5.75 Å². The Bertz CT molecular complexity index is 378. The molecule has 0 N–H and O–H groups in total. The van der Waals surface area contributed by atoms with E-state index in [9.17, 15) is 4.79 Å². The summed E-state index contributed by atoms with van der Waals surface area (Å²) < 4.78 is 5.25. The standard InChI is InChI=1S/C13H16O2/c1-9-6-7-11(12(8-9)15-2)13(14)10-4-3-5-10/h6-8,10H,3-5H2,1-2H3. The van der Waals surface area contributed by atoms with Crippen molar-refractivity contribution in [3.63, 3.8) is 0 Å². The highest BCUT2D eigenvalue weighted by Crippen LogP contribution is 2.32. The van der Waals surface area contributed by atoms with Crippen LogP contribution in [0, 0.1) is 12.8 Å². The van der Waals surface area contributed by atoms with Gasteiger partial charge >= 0.3 is 0 Å². The maximum Gasteiger partial charge on any atom is 0.169 e. The number of hydrogen-bond acceptors (Lipinski definition) is 2. The highest BCUT2D eigenvalue weighted by molar-refractivity contribution is 6.00. The van der Waals surface area contributed by atoms with Crippen molar-refractivity contribution in [2.75, 3.05) is 7.11 Å². The molecule has 0 saturated heterocycles. The zero-order chi connectivity index (χ0) is 10.8. The molecule has 1 aliphatic rings. The smallest absolute Gasteiger partial charge is 0.169 e. The van der Waals surface area contributed by atoms with Crippen molar-refractivity contribution in [1.29, 1.82) is 0 Å². The molecule has 0 unspecified atom stereocenters. The predicted molar refractivity (Wildman–Crippen MR) is 59.4 cm³/mol. The summed E-state index contributed by atoms with van der Waals surface area (Å²) in [5, 5.41) is 0. The van der Waals surface area contributed by atoms with Crippen LogP contribution in [0.5, 0.6) is 5.75 Å². The molecule has 15 heavy (non-hydrogen) atoms. The molecular weight excluding hydrogens is 188 g/mol. The Morgan fingerprint density at radius 3 is 2.67 bits per heavy atom. The van der Waals surface area contributed by atoms with E-state index in [-0.39, 0.29) is 11.7 Å². The monoisotopic (exact) mass is 204 g/mol. The van der Waals surface area contributed by atoms with Crippen LogP contribution in [0.3, 0.4) is 0 Å². The molecule has 80 valence electrons. The number of ketones is 1. The van der Waals surface area contributed by atoms with Crippen LogP contribution in [0.25, 0.3) is 0 Å². The number of hydrogen-bond donors (Lipinski definition) is 0. The lowest BCUT2D eigenvalue weighted by Crippen LogP contribution is -2.22. The Morgan fingerprint density at radius 2 is 2.13 bits per heavy atom. The van der Waals surface area contributed by atoms with Crippen molar-refractivity contribution in [1.82, 2.24) is 0 Å². The zero-order valence-corrected chi connectivity index (χ0v) is 9.25. The highest BCUT2D eigenvalue weighted by atomic mass is 16.5. The molecule has 2 heteroatoms. The van der Waals surface area contributed by atoms with Crippen molar-refractivity contribution in [2.24, 2.45) is 5.92 Å². The summed E-state index contributed by atoms with van der Waals surface area (Å²) in [6, 6.07) is 5.77. The topological polar surface area (TPSA) is 26.3 Å². The Balaban J connectivity index is 2.29. The summed E-state index contributed by atoms with van der Waals surface area (Å²) >= 11 is 0. The lowest BCUT2D eigenvalue weighted by molar-refractivity contribution is 0.0852. The van der Waals surface area contributed by atoms with Gasteiger partial charge in [0.1, 0.15) is 5.75 Å². The van der Waals surface area contributed by atoms with E-state index < -0.39 is 0 Å². The van der Waals surface area contributed by atoms with Gasteiger partial charge in [0.2, 0.25) is 0 Å². The molecule has 0 aromatic heterocycles. The van der Waals surface area contributed by atoms with Gasteiger partial charge in [-0.25, -0.2) is 0 Å². The highest BCUT2D eigenvalue weighted by Gasteiger charge is 2.27. The van der Waals surface area contributed by atoms with E-state index in [1.54, 1.807) is 7.11 Å². The van der Waals surface area contributed by atoms with Gasteiger partial charge in [0.05, 0.1) is 12.7 Å². The van der Waals surface area contributed by atoms with Gasteiger partial charge in [-0.05, 0) is 37.5 Å². The molecule has 1 fully saturated rings. The number of Topliss-reactive ketones (excluding diaryl/α,β-unsaturated/α-hetero) is 1. The molecule has 0 atom stereocenters. The summed E-state index contributed by atoms with van der Waals surface area (Å²) in [6.45, 7) is 2.00. The van der Waals surface area contributed by atoms with Gasteiger partial charge in [0.25, 0.3) is 0 Å². The van der Waals surface area contributed by atoms with E-state index in [1.165, 1.54) is 6.42 Å². The molecule has 0 aliphatic heterocycles. The number of aryl methyl sites for hydroxylation is 1. The molecule has 1 aromatic rings. The van der Waals surface area contributed by atoms with Gasteiger partial charge in [-0.3, -0.25) is 4.79 Å². The van der Waals surface area contributed by atoms with E-state index in [2.05, 4.69) is 0 Å². The first-order valence-electron chi connectivity index (χ1n) is 5.41. The van der Waals surface area contributed by atoms with Crippen LogP contribution in [0.1, 0.15) is 35.2 Å². The first-order valence-corrected chi connectivity index (χ1v) is 5.41. The van der Waals surface area contributed by atoms with E-state index >= 15 is 0 Å². The third-order valence-electron chi connectivity index (χ3n) is 3.10. The van der Waals surface area contributed by atoms with E-state index in [1.807, 2.05) is 25.1 Å². The Labute approximate surface area is 90.3 Å². The summed E-state index contributed by atoms with van der Waals surface area (Å²) in [4.78, 5) is 12.0. The molecule has 1 aliphatic carbocycles. The van der Waals surface area contributed by atoms with Crippen molar-refractivity contribution in [2.45, 2.75) is 26.2 Å². The second-order valence-electron chi connectivity index (χ2n) is 4.20. The summed E-state index contributed by atoms with van der Waals surface area (Å²) in [5.41, 5.74) is 1.87. The second-order valence-corrected chi connectivity index (χ2v) is 4.20. The molecule has 2 nitrogen and oxygen atoms in total. The van der Waals surface area contributed by atoms with Crippen molar-refractivity contribution in [3.05, 3.63) is 29.3 Å². The fourth-order valence-electron chi connectivity index (χ4n) is 1.89. The lowest BCUT2D eigenvalue weighted by Gasteiger charge is -2.24. The largest absolute Gasteiger partial charge is 0.496 e. The second kappa shape index (κ2) is 4.05. The number of carbonyl (C=O) groups is 1. The fraction of sp³-hybridized carbons (Fsp3) is 0.462. The normalized spacial score (nSPS) is 15.9. The van der Waals surface area contributed by atoms with Crippen LogP contribution < -0.4 is 4.74 Å². The van der Waals surface area contributed by atoms with Crippen LogP contribution in [-0.2, 0) is 0 Å². The Kier molecular flexibility index (Phi) is 2.76. The van der Waals surface area contributed by atoms with Gasteiger partial charge in [-0.1, -0.05) is 12.5 Å². The fourth-order valence-corrected chi connectivity index (χ4v) is 1.89. The average Bonchev–Trinajstić information content (AvgIpc) is 2.14. The van der Waals surface area contributed by atoms with Gasteiger partial charge < -0.3 is 4.74 Å². The summed E-state index contributed by atoms with van der Waals surface area (Å²) in [7, 11) is 1.62. The van der Waals surface area contributed by atoms with Crippen LogP contribution in [0.2, 0.25) is 0 Å². The first-order chi connectivity index (χ1) is 7.22. The third kappa shape index (κ3) is 1.89. The average molecular weight is 204 g/mol. The number of rotatable bonds is 3. The van der Waals surface area contributed by atoms with Gasteiger partial charge in [0.15, 0.2) is 5.78 Å². The van der Waals surface area contributed by atoms with Gasteiger partial charge in [0, 0.05) is 5.92 Å². The minimum atomic E-state index is 0.238. The third-order valence-corrected chi connectivity index (χ3v) is 3.10. The molecule has 0 radical (unpaired) electrons. The molecule has 0 amide bonds. The van der Waals surface area contributed by atoms with E-state index in [4.69, 9.17) is 4.74 Å². The maximum atomic E-state index is 12.0. The van der Waals surface area contributed by atoms with Crippen LogP contribution in [-0.4, -0.2) is 12.9 Å². The quantitative estimate of drug-likeness (QED) is 0.707. The van der Waals surface area contributed by atoms with Gasteiger partial charge in [-0.15, -0.1) is 0 Å². The van der Waals surface area contributed by atoms with Gasteiger partial charge in [-0.2, -0.15) is 0 Å². The number of carbonyl (C=O) groups excluding carboxylic acids is 1. The summed E-state index contributed by atoms with van der Waals surface area (Å²) in [5.74, 6) is 1.20. The number of ether oxygens (including phenoxy) is 1. The van der Waals surface area contributed by atoms with E-state index in [0.29, 0.717) is 5.75 Å². The molecule has 0 heterocycles. The molecule has 2 rings (SSSR count). The molecular formula is C13H16O2. The van der Waals surface area contributed by atoms with Crippen molar-refractivity contribution >= 4 is 5.78 Å². The molecule has 1 aromatic carbocycles. The van der Waals surface area contributed by atoms with Crippen LogP contribution in [0.15, 0.2) is 18.2 Å². The zero-order valence-electron chi connectivity index (χ0n) is 9.25. The molecule has 0 bridgehead atoms. The summed E-state index contributed by atoms with van der Waals surface area (Å²) in [6.07, 6.45) is 3.26. The van der Waals surface area contributed by atoms with Crippen LogP contribution in [0.4, 0.5) is 0 Å². The molecule has 1 saturated carbocycles. The Morgan fingerprint density at radius 1 is 1.40 bits per heavy atom.